The van der Waals surface area contributed by atoms with Gasteiger partial charge in [-0.1, -0.05) is 48.5 Å². The van der Waals surface area contributed by atoms with E-state index in [2.05, 4.69) is 11.4 Å². The van der Waals surface area contributed by atoms with Crippen molar-refractivity contribution < 1.29 is 9.59 Å². The Kier molecular flexibility index (Phi) is 3.40. The Hall–Kier alpha value is -3.17. The minimum absolute atomic E-state index is 0.363. The number of fused-ring (bicyclic) bond motifs is 2. The third-order valence-electron chi connectivity index (χ3n) is 5.78. The Morgan fingerprint density at radius 1 is 1.23 bits per heavy atom. The predicted molar refractivity (Wildman–Crippen MR) is 95.8 cm³/mol. The number of amides is 2. The molecule has 26 heavy (non-hydrogen) atoms. The van der Waals surface area contributed by atoms with Crippen LogP contribution in [-0.4, -0.2) is 30.3 Å². The second-order valence-electron chi connectivity index (χ2n) is 6.84. The van der Waals surface area contributed by atoms with Crippen LogP contribution >= 0.6 is 0 Å². The van der Waals surface area contributed by atoms with Gasteiger partial charge in [-0.25, -0.2) is 0 Å². The number of carbonyl (C=O) groups is 2. The van der Waals surface area contributed by atoms with E-state index in [9.17, 15) is 14.9 Å². The van der Waals surface area contributed by atoms with E-state index in [1.165, 1.54) is 0 Å². The van der Waals surface area contributed by atoms with Gasteiger partial charge in [0, 0.05) is 23.7 Å². The van der Waals surface area contributed by atoms with Crippen LogP contribution in [0.2, 0.25) is 0 Å². The summed E-state index contributed by atoms with van der Waals surface area (Å²) in [4.78, 5) is 27.8. The minimum Gasteiger partial charge on any atom is -0.368 e. The van der Waals surface area contributed by atoms with E-state index in [4.69, 9.17) is 5.73 Å². The van der Waals surface area contributed by atoms with Crippen molar-refractivity contribution in [2.45, 2.75) is 11.5 Å². The lowest BCUT2D eigenvalue weighted by Crippen LogP contribution is -2.60. The quantitative estimate of drug-likeness (QED) is 0.862. The Morgan fingerprint density at radius 2 is 1.88 bits per heavy atom. The number of nitrogens with one attached hydrogen (secondary N) is 1. The van der Waals surface area contributed by atoms with Crippen LogP contribution < -0.4 is 11.1 Å². The molecule has 2 aliphatic heterocycles. The number of rotatable bonds is 2. The van der Waals surface area contributed by atoms with Crippen LogP contribution in [0, 0.1) is 16.7 Å². The molecule has 2 amide bonds. The lowest BCUT2D eigenvalue weighted by Gasteiger charge is -2.39. The number of likely N-dealkylation sites (tertiary alicyclic amines) is 1. The second-order valence-corrected chi connectivity index (χ2v) is 6.84. The summed E-state index contributed by atoms with van der Waals surface area (Å²) in [5, 5.41) is 13.1. The molecule has 0 saturated carbocycles. The second kappa shape index (κ2) is 5.41. The van der Waals surface area contributed by atoms with Crippen molar-refractivity contribution >= 4 is 17.5 Å². The van der Waals surface area contributed by atoms with Gasteiger partial charge in [0.15, 0.2) is 11.0 Å². The lowest BCUT2D eigenvalue weighted by molar-refractivity contribution is -0.140. The van der Waals surface area contributed by atoms with Gasteiger partial charge in [-0.05, 0) is 18.7 Å². The molecule has 0 bridgehead atoms. The number of likely N-dealkylation sites (N-methyl/N-ethyl adjacent to an activating group) is 1. The molecule has 6 heteroatoms. The number of benzene rings is 2. The number of para-hydroxylation sites is 1. The fourth-order valence-corrected chi connectivity index (χ4v) is 4.72. The number of hydrogen-bond acceptors (Lipinski definition) is 4. The molecule has 0 aliphatic carbocycles. The SMILES string of the molecule is CN1CC(c2ccccc2)C(C#N)(C(N)=O)C12C(=O)Nc1ccccc12. The van der Waals surface area contributed by atoms with Crippen molar-refractivity contribution in [2.24, 2.45) is 11.1 Å². The molecule has 2 aliphatic rings. The molecular formula is C20H18N4O2. The average molecular weight is 346 g/mol. The van der Waals surface area contributed by atoms with Gasteiger partial charge in [-0.2, -0.15) is 5.26 Å². The summed E-state index contributed by atoms with van der Waals surface area (Å²) in [6, 6.07) is 18.7. The first-order valence-electron chi connectivity index (χ1n) is 8.38. The molecule has 1 spiro atoms. The maximum atomic E-state index is 13.2. The molecule has 1 saturated heterocycles. The van der Waals surface area contributed by atoms with Gasteiger partial charge in [0.1, 0.15) is 0 Å². The number of nitrogens with two attached hydrogens (primary N) is 1. The van der Waals surface area contributed by atoms with Crippen molar-refractivity contribution in [2.75, 3.05) is 18.9 Å². The summed E-state index contributed by atoms with van der Waals surface area (Å²) in [6.07, 6.45) is 0. The number of nitriles is 1. The van der Waals surface area contributed by atoms with E-state index in [1.54, 1.807) is 36.2 Å². The van der Waals surface area contributed by atoms with Gasteiger partial charge in [0.2, 0.25) is 5.91 Å². The Morgan fingerprint density at radius 3 is 2.54 bits per heavy atom. The number of hydrogen-bond donors (Lipinski definition) is 2. The molecule has 0 radical (unpaired) electrons. The zero-order chi connectivity index (χ0) is 18.5. The van der Waals surface area contributed by atoms with E-state index in [-0.39, 0.29) is 5.91 Å². The highest BCUT2D eigenvalue weighted by atomic mass is 16.2. The van der Waals surface area contributed by atoms with E-state index < -0.39 is 22.8 Å². The molecule has 2 heterocycles. The zero-order valence-corrected chi connectivity index (χ0v) is 14.3. The summed E-state index contributed by atoms with van der Waals surface area (Å²) in [6.45, 7) is 0.363. The minimum atomic E-state index is -1.72. The fraction of sp³-hybridized carbons (Fsp3) is 0.250. The Labute approximate surface area is 151 Å². The van der Waals surface area contributed by atoms with Crippen LogP contribution in [0.5, 0.6) is 0 Å². The van der Waals surface area contributed by atoms with Crippen molar-refractivity contribution in [3.8, 4) is 6.07 Å². The first-order valence-corrected chi connectivity index (χ1v) is 8.38. The lowest BCUT2D eigenvalue weighted by atomic mass is 9.61. The molecule has 3 N–H and O–H groups in total. The topological polar surface area (TPSA) is 99.2 Å². The third-order valence-corrected chi connectivity index (χ3v) is 5.78. The number of nitrogens with zero attached hydrogens (tertiary/aromatic N) is 2. The summed E-state index contributed by atoms with van der Waals surface area (Å²) in [7, 11) is 1.76. The number of anilines is 1. The van der Waals surface area contributed by atoms with Gasteiger partial charge in [0.05, 0.1) is 6.07 Å². The number of primary amides is 1. The van der Waals surface area contributed by atoms with Crippen molar-refractivity contribution in [1.29, 1.82) is 5.26 Å². The standard InChI is InChI=1S/C20H18N4O2/c1-24-11-15(13-7-3-2-4-8-13)19(12-21,17(22)25)20(24)14-9-5-6-10-16(14)23-18(20)26/h2-10,15H,11H2,1H3,(H2,22,25)(H,23,26). The van der Waals surface area contributed by atoms with Crippen LogP contribution in [0.1, 0.15) is 17.0 Å². The summed E-state index contributed by atoms with van der Waals surface area (Å²) < 4.78 is 0. The molecule has 2 aromatic rings. The van der Waals surface area contributed by atoms with E-state index in [0.717, 1.165) is 5.56 Å². The van der Waals surface area contributed by atoms with Crippen molar-refractivity contribution in [1.82, 2.24) is 4.90 Å². The maximum absolute atomic E-state index is 13.2. The van der Waals surface area contributed by atoms with E-state index >= 15 is 0 Å². The van der Waals surface area contributed by atoms with Crippen molar-refractivity contribution in [3.63, 3.8) is 0 Å². The first-order chi connectivity index (χ1) is 12.5. The maximum Gasteiger partial charge on any atom is 0.251 e. The molecule has 4 rings (SSSR count). The largest absolute Gasteiger partial charge is 0.368 e. The molecular weight excluding hydrogens is 328 g/mol. The van der Waals surface area contributed by atoms with Crippen LogP contribution in [0.4, 0.5) is 5.69 Å². The Balaban J connectivity index is 2.06. The number of carbonyl (C=O) groups excluding carboxylic acids is 2. The van der Waals surface area contributed by atoms with Gasteiger partial charge < -0.3 is 11.1 Å². The molecule has 130 valence electrons. The molecule has 0 aromatic heterocycles. The van der Waals surface area contributed by atoms with E-state index in [1.807, 2.05) is 30.3 Å². The van der Waals surface area contributed by atoms with Crippen molar-refractivity contribution in [3.05, 3.63) is 65.7 Å². The summed E-state index contributed by atoms with van der Waals surface area (Å²) >= 11 is 0. The third kappa shape index (κ3) is 1.68. The molecule has 6 nitrogen and oxygen atoms in total. The Bertz CT molecular complexity index is 952. The molecule has 3 atom stereocenters. The van der Waals surface area contributed by atoms with Gasteiger partial charge in [-0.3, -0.25) is 14.5 Å². The van der Waals surface area contributed by atoms with Crippen LogP contribution in [0.3, 0.4) is 0 Å². The highest BCUT2D eigenvalue weighted by Crippen LogP contribution is 2.61. The fourth-order valence-electron chi connectivity index (χ4n) is 4.72. The first kappa shape index (κ1) is 16.3. The summed E-state index contributed by atoms with van der Waals surface area (Å²) in [5.41, 5.74) is 4.70. The molecule has 3 unspecified atom stereocenters. The van der Waals surface area contributed by atoms with Gasteiger partial charge in [-0.15, -0.1) is 0 Å². The normalized spacial score (nSPS) is 30.0. The van der Waals surface area contributed by atoms with Crippen LogP contribution in [0.15, 0.2) is 54.6 Å². The van der Waals surface area contributed by atoms with E-state index in [0.29, 0.717) is 17.8 Å². The van der Waals surface area contributed by atoms with Gasteiger partial charge >= 0.3 is 0 Å². The zero-order valence-electron chi connectivity index (χ0n) is 14.3. The highest BCUT2D eigenvalue weighted by molar-refractivity contribution is 6.11. The monoisotopic (exact) mass is 346 g/mol. The molecule has 2 aromatic carbocycles. The predicted octanol–water partition coefficient (Wildman–Crippen LogP) is 1.56. The summed E-state index contributed by atoms with van der Waals surface area (Å²) in [5.74, 6) is -1.70. The molecule has 1 fully saturated rings. The average Bonchev–Trinajstić information content (AvgIpc) is 3.10. The van der Waals surface area contributed by atoms with Gasteiger partial charge in [0.25, 0.3) is 5.91 Å². The van der Waals surface area contributed by atoms with Crippen LogP contribution in [-0.2, 0) is 15.1 Å². The van der Waals surface area contributed by atoms with Crippen LogP contribution in [0.25, 0.3) is 0 Å². The highest BCUT2D eigenvalue weighted by Gasteiger charge is 2.74. The smallest absolute Gasteiger partial charge is 0.251 e.